The van der Waals surface area contributed by atoms with Gasteiger partial charge in [-0.3, -0.25) is 4.79 Å². The minimum absolute atomic E-state index is 0.0192. The molecule has 0 unspecified atom stereocenters. The number of carbonyl (C=O) groups is 1. The summed E-state index contributed by atoms with van der Waals surface area (Å²) in [4.78, 5) is 11.6. The van der Waals surface area contributed by atoms with Gasteiger partial charge in [0.15, 0.2) is 9.84 Å². The highest BCUT2D eigenvalue weighted by molar-refractivity contribution is 7.91. The number of unbranched alkanes of at least 4 members (excludes halogenated alkanes) is 1. The Morgan fingerprint density at radius 2 is 1.89 bits per heavy atom. The normalized spacial score (nSPS) is 11.3. The molecule has 1 N–H and O–H groups in total. The van der Waals surface area contributed by atoms with E-state index < -0.39 is 9.84 Å². The van der Waals surface area contributed by atoms with E-state index in [-0.39, 0.29) is 23.0 Å². The Balaban J connectivity index is 2.51. The largest absolute Gasteiger partial charge is 0.356 e. The molecule has 1 aromatic rings. The summed E-state index contributed by atoms with van der Waals surface area (Å²) in [6, 6.07) is 5.95. The number of hydrogen-bond acceptors (Lipinski definition) is 3. The van der Waals surface area contributed by atoms with Crippen molar-refractivity contribution in [3.8, 4) is 0 Å². The van der Waals surface area contributed by atoms with Crippen molar-refractivity contribution in [2.45, 2.75) is 31.1 Å². The van der Waals surface area contributed by atoms with Gasteiger partial charge < -0.3 is 5.32 Å². The Kier molecular flexibility index (Phi) is 6.31. The second-order valence-electron chi connectivity index (χ2n) is 4.23. The molecule has 0 aliphatic carbocycles. The number of amides is 1. The summed E-state index contributed by atoms with van der Waals surface area (Å²) in [7, 11) is -3.42. The standard InChI is InChI=1S/C13H18ClNO3S/c1-2-3-9-15-13(16)8-10-19(17,18)12-6-4-11(14)5-7-12/h4-7H,2-3,8-10H2,1H3,(H,15,16). The monoisotopic (exact) mass is 303 g/mol. The minimum atomic E-state index is -3.42. The Bertz CT molecular complexity index is 511. The van der Waals surface area contributed by atoms with Crippen LogP contribution in [0.2, 0.25) is 5.02 Å². The molecule has 106 valence electrons. The predicted octanol–water partition coefficient (Wildman–Crippen LogP) is 2.42. The van der Waals surface area contributed by atoms with Gasteiger partial charge in [0.05, 0.1) is 10.6 Å². The lowest BCUT2D eigenvalue weighted by molar-refractivity contribution is -0.120. The summed E-state index contributed by atoms with van der Waals surface area (Å²) in [5, 5.41) is 3.17. The van der Waals surface area contributed by atoms with Crippen molar-refractivity contribution in [3.63, 3.8) is 0 Å². The second kappa shape index (κ2) is 7.50. The summed E-state index contributed by atoms with van der Waals surface area (Å²) in [5.74, 6) is -0.418. The van der Waals surface area contributed by atoms with Crippen molar-refractivity contribution in [1.82, 2.24) is 5.32 Å². The van der Waals surface area contributed by atoms with Crippen LogP contribution in [0.5, 0.6) is 0 Å². The van der Waals surface area contributed by atoms with Crippen molar-refractivity contribution in [3.05, 3.63) is 29.3 Å². The van der Waals surface area contributed by atoms with Gasteiger partial charge in [-0.1, -0.05) is 24.9 Å². The first kappa shape index (κ1) is 16.0. The van der Waals surface area contributed by atoms with Gasteiger partial charge in [0.1, 0.15) is 0 Å². The van der Waals surface area contributed by atoms with Crippen LogP contribution in [-0.4, -0.2) is 26.6 Å². The molecule has 4 nitrogen and oxygen atoms in total. The first-order valence-corrected chi connectivity index (χ1v) is 8.24. The third-order valence-electron chi connectivity index (χ3n) is 2.62. The molecule has 0 atom stereocenters. The van der Waals surface area contributed by atoms with Crippen LogP contribution >= 0.6 is 11.6 Å². The third-order valence-corrected chi connectivity index (χ3v) is 4.61. The molecule has 1 aromatic carbocycles. The smallest absolute Gasteiger partial charge is 0.221 e. The molecule has 1 rings (SSSR count). The number of hydrogen-bond donors (Lipinski definition) is 1. The Morgan fingerprint density at radius 1 is 1.26 bits per heavy atom. The molecule has 0 heterocycles. The van der Waals surface area contributed by atoms with E-state index in [1.807, 2.05) is 6.92 Å². The zero-order valence-corrected chi connectivity index (χ0v) is 12.4. The van der Waals surface area contributed by atoms with E-state index in [1.165, 1.54) is 24.3 Å². The first-order chi connectivity index (χ1) is 8.95. The molecule has 0 aliphatic rings. The highest BCUT2D eigenvalue weighted by atomic mass is 35.5. The molecule has 0 aliphatic heterocycles. The minimum Gasteiger partial charge on any atom is -0.356 e. The topological polar surface area (TPSA) is 63.2 Å². The molecule has 0 bridgehead atoms. The number of rotatable bonds is 7. The number of nitrogens with one attached hydrogen (secondary N) is 1. The molecule has 6 heteroatoms. The van der Waals surface area contributed by atoms with Crippen LogP contribution in [0, 0.1) is 0 Å². The van der Waals surface area contributed by atoms with Crippen molar-refractivity contribution < 1.29 is 13.2 Å². The molecule has 1 amide bonds. The van der Waals surface area contributed by atoms with Crippen LogP contribution in [0.25, 0.3) is 0 Å². The molecule has 0 fully saturated rings. The lowest BCUT2D eigenvalue weighted by atomic mass is 10.3. The molecule has 0 aromatic heterocycles. The molecular formula is C13H18ClNO3S. The van der Waals surface area contributed by atoms with Gasteiger partial charge in [0, 0.05) is 18.0 Å². The van der Waals surface area contributed by atoms with Crippen LogP contribution in [0.4, 0.5) is 0 Å². The van der Waals surface area contributed by atoms with Gasteiger partial charge in [-0.05, 0) is 30.7 Å². The third kappa shape index (κ3) is 5.61. The summed E-state index contributed by atoms with van der Waals surface area (Å²) in [6.45, 7) is 2.62. The van der Waals surface area contributed by atoms with E-state index in [2.05, 4.69) is 5.32 Å². The summed E-state index contributed by atoms with van der Waals surface area (Å²) in [6.07, 6.45) is 1.87. The molecule has 0 saturated carbocycles. The molecule has 0 radical (unpaired) electrons. The quantitative estimate of drug-likeness (QED) is 0.787. The zero-order chi connectivity index (χ0) is 14.3. The number of carbonyl (C=O) groups excluding carboxylic acids is 1. The van der Waals surface area contributed by atoms with Crippen LogP contribution in [0.1, 0.15) is 26.2 Å². The Hall–Kier alpha value is -1.07. The van der Waals surface area contributed by atoms with Crippen LogP contribution in [0.15, 0.2) is 29.2 Å². The highest BCUT2D eigenvalue weighted by Gasteiger charge is 2.16. The molecular weight excluding hydrogens is 286 g/mol. The fraction of sp³-hybridized carbons (Fsp3) is 0.462. The van der Waals surface area contributed by atoms with Gasteiger partial charge in [0.25, 0.3) is 0 Å². The maximum Gasteiger partial charge on any atom is 0.221 e. The number of benzene rings is 1. The van der Waals surface area contributed by atoms with Gasteiger partial charge >= 0.3 is 0 Å². The second-order valence-corrected chi connectivity index (χ2v) is 6.77. The van der Waals surface area contributed by atoms with E-state index in [1.54, 1.807) is 0 Å². The van der Waals surface area contributed by atoms with E-state index in [0.29, 0.717) is 11.6 Å². The van der Waals surface area contributed by atoms with Crippen molar-refractivity contribution >= 4 is 27.3 Å². The SMILES string of the molecule is CCCCNC(=O)CCS(=O)(=O)c1ccc(Cl)cc1. The van der Waals surface area contributed by atoms with Crippen LogP contribution in [0.3, 0.4) is 0 Å². The lowest BCUT2D eigenvalue weighted by Gasteiger charge is -2.06. The predicted molar refractivity (Wildman–Crippen MR) is 76.0 cm³/mol. The average molecular weight is 304 g/mol. The fourth-order valence-electron chi connectivity index (χ4n) is 1.48. The molecule has 0 spiro atoms. The Labute approximate surface area is 119 Å². The van der Waals surface area contributed by atoms with Crippen LogP contribution < -0.4 is 5.32 Å². The Morgan fingerprint density at radius 3 is 2.47 bits per heavy atom. The maximum atomic E-state index is 12.0. The summed E-state index contributed by atoms with van der Waals surface area (Å²) < 4.78 is 23.9. The van der Waals surface area contributed by atoms with E-state index in [0.717, 1.165) is 12.8 Å². The summed E-state index contributed by atoms with van der Waals surface area (Å²) >= 11 is 5.70. The highest BCUT2D eigenvalue weighted by Crippen LogP contribution is 2.15. The molecule has 19 heavy (non-hydrogen) atoms. The average Bonchev–Trinajstić information content (AvgIpc) is 2.37. The van der Waals surface area contributed by atoms with Crippen molar-refractivity contribution in [1.29, 1.82) is 0 Å². The summed E-state index contributed by atoms with van der Waals surface area (Å²) in [5.41, 5.74) is 0. The van der Waals surface area contributed by atoms with Crippen molar-refractivity contribution in [2.24, 2.45) is 0 Å². The zero-order valence-electron chi connectivity index (χ0n) is 10.9. The van der Waals surface area contributed by atoms with Crippen molar-refractivity contribution in [2.75, 3.05) is 12.3 Å². The number of halogens is 1. The van der Waals surface area contributed by atoms with Gasteiger partial charge in [-0.25, -0.2) is 8.42 Å². The first-order valence-electron chi connectivity index (χ1n) is 6.20. The maximum absolute atomic E-state index is 12.0. The van der Waals surface area contributed by atoms with Gasteiger partial charge in [-0.2, -0.15) is 0 Å². The van der Waals surface area contributed by atoms with E-state index in [9.17, 15) is 13.2 Å². The van der Waals surface area contributed by atoms with Crippen LogP contribution in [-0.2, 0) is 14.6 Å². The number of sulfone groups is 1. The lowest BCUT2D eigenvalue weighted by Crippen LogP contribution is -2.26. The van der Waals surface area contributed by atoms with E-state index >= 15 is 0 Å². The van der Waals surface area contributed by atoms with E-state index in [4.69, 9.17) is 11.6 Å². The van der Waals surface area contributed by atoms with Gasteiger partial charge in [-0.15, -0.1) is 0 Å². The molecule has 0 saturated heterocycles. The van der Waals surface area contributed by atoms with Gasteiger partial charge in [0.2, 0.25) is 5.91 Å². The fourth-order valence-corrected chi connectivity index (χ4v) is 2.85.